The average Bonchev–Trinajstić information content (AvgIpc) is 2.60. The van der Waals surface area contributed by atoms with E-state index in [1.165, 1.54) is 0 Å². The van der Waals surface area contributed by atoms with E-state index in [1.54, 1.807) is 12.3 Å². The molecule has 0 bridgehead atoms. The summed E-state index contributed by atoms with van der Waals surface area (Å²) >= 11 is 0. The summed E-state index contributed by atoms with van der Waals surface area (Å²) in [6.45, 7) is 6.07. The Bertz CT molecular complexity index is 893. The van der Waals surface area contributed by atoms with Gasteiger partial charge in [0.15, 0.2) is 0 Å². The number of anilines is 1. The number of hydrogen-bond acceptors (Lipinski definition) is 5. The Balaban J connectivity index is 1.70. The standard InChI is InChI=1S/C18H26N4O3S/c1-12-9-16-15(10-18(12)23)17(3-6-20-16)22-7-4-14(5-8-22)13(2)11-21-26(19,24)25/h3,6,9-10,13-14,21,23H,4-5,7-8,11H2,1-2H3,(H2,19,24,25). The second-order valence-corrected chi connectivity index (χ2v) is 8.56. The third-order valence-electron chi connectivity index (χ3n) is 5.33. The Hall–Kier alpha value is -1.90. The second kappa shape index (κ2) is 7.38. The maximum atomic E-state index is 11.1. The highest BCUT2D eigenvalue weighted by Gasteiger charge is 2.25. The van der Waals surface area contributed by atoms with Gasteiger partial charge in [-0.05, 0) is 55.4 Å². The SMILES string of the molecule is Cc1cc2nccc(N3CCC(C(C)CNS(N)(=O)=O)CC3)c2cc1O. The summed E-state index contributed by atoms with van der Waals surface area (Å²) in [5.74, 6) is 0.963. The molecule has 26 heavy (non-hydrogen) atoms. The molecule has 0 saturated carbocycles. The molecule has 1 saturated heterocycles. The van der Waals surface area contributed by atoms with Crippen LogP contribution in [0.5, 0.6) is 5.75 Å². The van der Waals surface area contributed by atoms with E-state index in [2.05, 4.69) is 21.5 Å². The van der Waals surface area contributed by atoms with Crippen LogP contribution in [0.3, 0.4) is 0 Å². The fourth-order valence-corrected chi connectivity index (χ4v) is 4.17. The van der Waals surface area contributed by atoms with Crippen LogP contribution in [0, 0.1) is 18.8 Å². The first kappa shape index (κ1) is 18.9. The molecule has 142 valence electrons. The lowest BCUT2D eigenvalue weighted by Gasteiger charge is -2.36. The highest BCUT2D eigenvalue weighted by Crippen LogP contribution is 2.34. The molecule has 0 radical (unpaired) electrons. The highest BCUT2D eigenvalue weighted by atomic mass is 32.2. The molecule has 0 amide bonds. The van der Waals surface area contributed by atoms with Crippen LogP contribution >= 0.6 is 0 Å². The predicted molar refractivity (Wildman–Crippen MR) is 103 cm³/mol. The molecule has 1 atom stereocenters. The molecule has 1 unspecified atom stereocenters. The first-order valence-electron chi connectivity index (χ1n) is 8.85. The number of aromatic nitrogens is 1. The average molecular weight is 378 g/mol. The lowest BCUT2D eigenvalue weighted by atomic mass is 9.85. The van der Waals surface area contributed by atoms with Crippen LogP contribution in [0.2, 0.25) is 0 Å². The van der Waals surface area contributed by atoms with Gasteiger partial charge >= 0.3 is 0 Å². The lowest BCUT2D eigenvalue weighted by Crippen LogP contribution is -2.40. The van der Waals surface area contributed by atoms with E-state index in [-0.39, 0.29) is 11.7 Å². The van der Waals surface area contributed by atoms with Crippen LogP contribution < -0.4 is 14.8 Å². The number of pyridine rings is 1. The fourth-order valence-electron chi connectivity index (χ4n) is 3.67. The van der Waals surface area contributed by atoms with E-state index in [0.29, 0.717) is 12.5 Å². The zero-order valence-electron chi connectivity index (χ0n) is 15.1. The lowest BCUT2D eigenvalue weighted by molar-refractivity contribution is 0.293. The van der Waals surface area contributed by atoms with Crippen LogP contribution in [0.1, 0.15) is 25.3 Å². The minimum absolute atomic E-state index is 0.233. The molecule has 1 aromatic heterocycles. The van der Waals surface area contributed by atoms with Gasteiger partial charge in [-0.3, -0.25) is 4.98 Å². The Kier molecular flexibility index (Phi) is 5.36. The Morgan fingerprint density at radius 1 is 1.38 bits per heavy atom. The monoisotopic (exact) mass is 378 g/mol. The number of piperidine rings is 1. The van der Waals surface area contributed by atoms with E-state index in [4.69, 9.17) is 5.14 Å². The van der Waals surface area contributed by atoms with Crippen molar-refractivity contribution >= 4 is 26.8 Å². The van der Waals surface area contributed by atoms with Crippen molar-refractivity contribution < 1.29 is 13.5 Å². The van der Waals surface area contributed by atoms with Crippen molar-refractivity contribution in [3.05, 3.63) is 30.0 Å². The number of aromatic hydroxyl groups is 1. The van der Waals surface area contributed by atoms with Gasteiger partial charge in [-0.1, -0.05) is 6.92 Å². The van der Waals surface area contributed by atoms with Gasteiger partial charge in [0, 0.05) is 36.9 Å². The first-order chi connectivity index (χ1) is 12.2. The van der Waals surface area contributed by atoms with Crippen molar-refractivity contribution in [3.63, 3.8) is 0 Å². The topological polar surface area (TPSA) is 109 Å². The number of benzene rings is 1. The third kappa shape index (κ3) is 4.25. The molecular weight excluding hydrogens is 352 g/mol. The predicted octanol–water partition coefficient (Wildman–Crippen LogP) is 1.89. The van der Waals surface area contributed by atoms with Crippen LogP contribution in [0.15, 0.2) is 24.4 Å². The molecule has 2 heterocycles. The van der Waals surface area contributed by atoms with Gasteiger partial charge in [-0.15, -0.1) is 0 Å². The van der Waals surface area contributed by atoms with Crippen molar-refractivity contribution in [1.82, 2.24) is 9.71 Å². The molecule has 4 N–H and O–H groups in total. The van der Waals surface area contributed by atoms with Gasteiger partial charge in [0.2, 0.25) is 0 Å². The minimum atomic E-state index is -3.63. The molecule has 1 aliphatic heterocycles. The van der Waals surface area contributed by atoms with Gasteiger partial charge in [0.1, 0.15) is 5.75 Å². The molecule has 8 heteroatoms. The van der Waals surface area contributed by atoms with Gasteiger partial charge in [0.25, 0.3) is 10.2 Å². The Morgan fingerprint density at radius 3 is 2.73 bits per heavy atom. The number of fused-ring (bicyclic) bond motifs is 1. The highest BCUT2D eigenvalue weighted by molar-refractivity contribution is 7.87. The second-order valence-electron chi connectivity index (χ2n) is 7.18. The summed E-state index contributed by atoms with van der Waals surface area (Å²) < 4.78 is 24.5. The first-order valence-corrected chi connectivity index (χ1v) is 10.4. The number of aryl methyl sites for hydroxylation is 1. The van der Waals surface area contributed by atoms with Crippen molar-refractivity contribution in [2.24, 2.45) is 17.0 Å². The molecule has 0 spiro atoms. The molecule has 1 fully saturated rings. The van der Waals surface area contributed by atoms with Gasteiger partial charge in [0.05, 0.1) is 5.52 Å². The van der Waals surface area contributed by atoms with Crippen molar-refractivity contribution in [2.75, 3.05) is 24.5 Å². The quantitative estimate of drug-likeness (QED) is 0.736. The maximum Gasteiger partial charge on any atom is 0.274 e. The van der Waals surface area contributed by atoms with E-state index >= 15 is 0 Å². The summed E-state index contributed by atoms with van der Waals surface area (Å²) in [6, 6.07) is 5.68. The normalized spacial score (nSPS) is 17.6. The number of phenolic OH excluding ortho intramolecular Hbond substituents is 1. The van der Waals surface area contributed by atoms with Crippen molar-refractivity contribution in [3.8, 4) is 5.75 Å². The molecule has 3 rings (SSSR count). The molecule has 0 aliphatic carbocycles. The summed E-state index contributed by atoms with van der Waals surface area (Å²) in [6.07, 6.45) is 3.77. The molecule has 1 aromatic carbocycles. The van der Waals surface area contributed by atoms with Crippen molar-refractivity contribution in [1.29, 1.82) is 0 Å². The summed E-state index contributed by atoms with van der Waals surface area (Å²) in [5, 5.41) is 16.0. The van der Waals surface area contributed by atoms with Crippen LogP contribution in [0.25, 0.3) is 10.9 Å². The number of hydrogen-bond donors (Lipinski definition) is 3. The summed E-state index contributed by atoms with van der Waals surface area (Å²) in [4.78, 5) is 6.73. The fraction of sp³-hybridized carbons (Fsp3) is 0.500. The number of rotatable bonds is 5. The molecular formula is C18H26N4O3S. The Morgan fingerprint density at radius 2 is 2.08 bits per heavy atom. The summed E-state index contributed by atoms with van der Waals surface area (Å²) in [7, 11) is -3.63. The smallest absolute Gasteiger partial charge is 0.274 e. The van der Waals surface area contributed by atoms with Crippen LogP contribution in [-0.2, 0) is 10.2 Å². The van der Waals surface area contributed by atoms with Crippen molar-refractivity contribution in [2.45, 2.75) is 26.7 Å². The largest absolute Gasteiger partial charge is 0.508 e. The third-order valence-corrected chi connectivity index (χ3v) is 5.90. The van der Waals surface area contributed by atoms with E-state index in [0.717, 1.165) is 48.1 Å². The van der Waals surface area contributed by atoms with Gasteiger partial charge in [-0.2, -0.15) is 8.42 Å². The maximum absolute atomic E-state index is 11.1. The zero-order chi connectivity index (χ0) is 18.9. The van der Waals surface area contributed by atoms with E-state index in [9.17, 15) is 13.5 Å². The minimum Gasteiger partial charge on any atom is -0.508 e. The zero-order valence-corrected chi connectivity index (χ0v) is 16.0. The number of nitrogens with two attached hydrogens (primary N) is 1. The number of phenols is 1. The van der Waals surface area contributed by atoms with Gasteiger partial charge < -0.3 is 10.0 Å². The number of nitrogens with one attached hydrogen (secondary N) is 1. The summed E-state index contributed by atoms with van der Waals surface area (Å²) in [5.41, 5.74) is 2.78. The van der Waals surface area contributed by atoms with E-state index < -0.39 is 10.2 Å². The number of nitrogens with zero attached hydrogens (tertiary/aromatic N) is 2. The molecule has 1 aliphatic rings. The molecule has 7 nitrogen and oxygen atoms in total. The Labute approximate surface area is 154 Å². The van der Waals surface area contributed by atoms with Gasteiger partial charge in [-0.25, -0.2) is 9.86 Å². The van der Waals surface area contributed by atoms with E-state index in [1.807, 2.05) is 19.1 Å². The van der Waals surface area contributed by atoms with Crippen LogP contribution in [0.4, 0.5) is 5.69 Å². The molecule has 2 aromatic rings. The van der Waals surface area contributed by atoms with Crippen LogP contribution in [-0.4, -0.2) is 38.1 Å².